The highest BCUT2D eigenvalue weighted by Crippen LogP contribution is 2.37. The molecule has 0 radical (unpaired) electrons. The third kappa shape index (κ3) is 2.87. The minimum Gasteiger partial charge on any atom is -0.399 e. The van der Waals surface area contributed by atoms with Gasteiger partial charge >= 0.3 is 7.12 Å². The molecular formula is C20H23BN2O4S. The second kappa shape index (κ2) is 6.17. The molecular weight excluding hydrogens is 375 g/mol. The summed E-state index contributed by atoms with van der Waals surface area (Å²) in [6, 6.07) is 9.97. The predicted octanol–water partition coefficient (Wildman–Crippen LogP) is 2.88. The van der Waals surface area contributed by atoms with Crippen molar-refractivity contribution >= 4 is 33.6 Å². The van der Waals surface area contributed by atoms with Crippen molar-refractivity contribution < 1.29 is 19.1 Å². The minimum absolute atomic E-state index is 0.0969. The van der Waals surface area contributed by atoms with Crippen molar-refractivity contribution in [3.8, 4) is 0 Å². The number of hydrogen-bond acceptors (Lipinski definition) is 5. The Morgan fingerprint density at radius 2 is 1.68 bits per heavy atom. The van der Waals surface area contributed by atoms with Gasteiger partial charge in [0, 0.05) is 23.2 Å². The van der Waals surface area contributed by atoms with Gasteiger partial charge in [0.25, 0.3) is 10.0 Å². The van der Waals surface area contributed by atoms with Gasteiger partial charge in [-0.15, -0.1) is 0 Å². The van der Waals surface area contributed by atoms with E-state index in [-0.39, 0.29) is 16.7 Å². The van der Waals surface area contributed by atoms with Crippen molar-refractivity contribution in [1.29, 1.82) is 0 Å². The fourth-order valence-corrected chi connectivity index (χ4v) is 4.40. The second-order valence-electron chi connectivity index (χ2n) is 8.07. The van der Waals surface area contributed by atoms with Crippen LogP contribution in [0.2, 0.25) is 0 Å². The van der Waals surface area contributed by atoms with Crippen molar-refractivity contribution in [3.05, 3.63) is 54.3 Å². The molecule has 6 nitrogen and oxygen atoms in total. The molecule has 0 N–H and O–H groups in total. The lowest BCUT2D eigenvalue weighted by molar-refractivity contribution is 0.00578. The molecule has 0 amide bonds. The van der Waals surface area contributed by atoms with Crippen LogP contribution in [-0.2, 0) is 19.3 Å². The van der Waals surface area contributed by atoms with E-state index in [0.29, 0.717) is 10.8 Å². The Morgan fingerprint density at radius 3 is 2.29 bits per heavy atom. The van der Waals surface area contributed by atoms with Gasteiger partial charge in [0.05, 0.1) is 17.5 Å². The van der Waals surface area contributed by atoms with Gasteiger partial charge in [-0.3, -0.25) is 0 Å². The smallest absolute Gasteiger partial charge is 0.399 e. The average molecular weight is 399 g/mol. The quantitative estimate of drug-likeness (QED) is 0.634. The van der Waals surface area contributed by atoms with Crippen LogP contribution in [0.25, 0.3) is 11.0 Å². The SMILES string of the molecule is [2H]c1c(B2OC(C)(C)C(C)(C)O2)c2cccnc2n1S(=O)(=O)c1ccc(C)cc1. The van der Waals surface area contributed by atoms with Crippen LogP contribution in [0, 0.1) is 6.92 Å². The molecule has 1 fully saturated rings. The normalized spacial score (nSPS) is 19.2. The van der Waals surface area contributed by atoms with E-state index in [9.17, 15) is 8.42 Å². The fourth-order valence-electron chi connectivity index (χ4n) is 3.12. The highest BCUT2D eigenvalue weighted by molar-refractivity contribution is 7.90. The molecule has 1 aliphatic rings. The first-order valence-corrected chi connectivity index (χ1v) is 10.5. The van der Waals surface area contributed by atoms with E-state index in [1.165, 1.54) is 18.3 Å². The molecule has 0 bridgehead atoms. The summed E-state index contributed by atoms with van der Waals surface area (Å²) < 4.78 is 48.7. The molecule has 0 aliphatic carbocycles. The van der Waals surface area contributed by atoms with Gasteiger partial charge < -0.3 is 9.31 Å². The number of nitrogens with zero attached hydrogens (tertiary/aromatic N) is 2. The average Bonchev–Trinajstić information content (AvgIpc) is 3.04. The number of pyridine rings is 1. The van der Waals surface area contributed by atoms with Gasteiger partial charge in [-0.25, -0.2) is 17.4 Å². The molecule has 2 aromatic heterocycles. The first kappa shape index (κ1) is 17.9. The number of aromatic nitrogens is 2. The Hall–Kier alpha value is -2.16. The van der Waals surface area contributed by atoms with Crippen molar-refractivity contribution in [3.63, 3.8) is 0 Å². The van der Waals surface area contributed by atoms with Crippen LogP contribution in [0.15, 0.2) is 53.7 Å². The highest BCUT2D eigenvalue weighted by atomic mass is 32.2. The summed E-state index contributed by atoms with van der Waals surface area (Å²) in [7, 11) is -4.89. The van der Waals surface area contributed by atoms with Crippen LogP contribution in [0.1, 0.15) is 34.6 Å². The number of fused-ring (bicyclic) bond motifs is 1. The summed E-state index contributed by atoms with van der Waals surface area (Å²) in [5.74, 6) is 0. The lowest BCUT2D eigenvalue weighted by Crippen LogP contribution is -2.41. The topological polar surface area (TPSA) is 70.4 Å². The molecule has 28 heavy (non-hydrogen) atoms. The van der Waals surface area contributed by atoms with Crippen molar-refractivity contribution in [1.82, 2.24) is 8.96 Å². The Labute approximate surface area is 167 Å². The van der Waals surface area contributed by atoms with E-state index in [1.54, 1.807) is 24.3 Å². The van der Waals surface area contributed by atoms with E-state index in [4.69, 9.17) is 10.7 Å². The highest BCUT2D eigenvalue weighted by Gasteiger charge is 2.52. The van der Waals surface area contributed by atoms with Crippen molar-refractivity contribution in [2.24, 2.45) is 0 Å². The monoisotopic (exact) mass is 399 g/mol. The molecule has 0 saturated carbocycles. The molecule has 1 aliphatic heterocycles. The lowest BCUT2D eigenvalue weighted by atomic mass is 9.79. The number of benzene rings is 1. The van der Waals surface area contributed by atoms with Crippen LogP contribution in [0.5, 0.6) is 0 Å². The van der Waals surface area contributed by atoms with E-state index in [2.05, 4.69) is 4.98 Å². The van der Waals surface area contributed by atoms with Gasteiger partial charge in [-0.1, -0.05) is 17.7 Å². The zero-order chi connectivity index (χ0) is 21.2. The van der Waals surface area contributed by atoms with Crippen molar-refractivity contribution in [2.75, 3.05) is 0 Å². The Bertz CT molecular complexity index is 1190. The van der Waals surface area contributed by atoms with Crippen LogP contribution in [0.3, 0.4) is 0 Å². The summed E-state index contributed by atoms with van der Waals surface area (Å²) in [5, 5.41) is 0.520. The van der Waals surface area contributed by atoms with Crippen LogP contribution in [-0.4, -0.2) is 35.7 Å². The first-order valence-electron chi connectivity index (χ1n) is 9.59. The van der Waals surface area contributed by atoms with Crippen LogP contribution < -0.4 is 5.46 Å². The number of aryl methyl sites for hydroxylation is 1. The largest absolute Gasteiger partial charge is 0.497 e. The van der Waals surface area contributed by atoms with Gasteiger partial charge in [0.2, 0.25) is 0 Å². The van der Waals surface area contributed by atoms with Crippen LogP contribution in [0.4, 0.5) is 0 Å². The maximum absolute atomic E-state index is 13.4. The molecule has 3 aromatic rings. The van der Waals surface area contributed by atoms with E-state index >= 15 is 0 Å². The fraction of sp³-hybridized carbons (Fsp3) is 0.350. The minimum atomic E-state index is -4.02. The number of rotatable bonds is 3. The molecule has 8 heteroatoms. The predicted molar refractivity (Wildman–Crippen MR) is 109 cm³/mol. The maximum atomic E-state index is 13.4. The zero-order valence-corrected chi connectivity index (χ0v) is 17.4. The maximum Gasteiger partial charge on any atom is 0.497 e. The zero-order valence-electron chi connectivity index (χ0n) is 17.6. The summed E-state index contributed by atoms with van der Waals surface area (Å²) in [5.41, 5.74) is 0.265. The van der Waals surface area contributed by atoms with Crippen LogP contribution >= 0.6 is 0 Å². The lowest BCUT2D eigenvalue weighted by Gasteiger charge is -2.32. The second-order valence-corrected chi connectivity index (χ2v) is 9.86. The standard InChI is InChI=1S/C20H23BN2O4S/c1-14-8-10-15(11-9-14)28(24,25)23-13-17(16-7-6-12-22-18(16)23)21-26-19(2,3)20(4,5)27-21/h6-13H,1-5H3/i13D. The van der Waals surface area contributed by atoms with E-state index in [1.807, 2.05) is 34.6 Å². The molecule has 0 spiro atoms. The molecule has 4 rings (SSSR count). The summed E-state index contributed by atoms with van der Waals surface area (Å²) in [6.45, 7) is 9.54. The van der Waals surface area contributed by atoms with Gasteiger partial charge in [-0.05, 0) is 58.9 Å². The third-order valence-electron chi connectivity index (χ3n) is 5.54. The summed E-state index contributed by atoms with van der Waals surface area (Å²) >= 11 is 0. The summed E-state index contributed by atoms with van der Waals surface area (Å²) in [4.78, 5) is 4.37. The first-order chi connectivity index (χ1) is 13.5. The van der Waals surface area contributed by atoms with E-state index in [0.717, 1.165) is 9.54 Å². The molecule has 0 unspecified atom stereocenters. The Morgan fingerprint density at radius 1 is 1.07 bits per heavy atom. The third-order valence-corrected chi connectivity index (χ3v) is 7.15. The molecule has 0 atom stereocenters. The van der Waals surface area contributed by atoms with Crippen molar-refractivity contribution in [2.45, 2.75) is 50.7 Å². The molecule has 1 saturated heterocycles. The molecule has 146 valence electrons. The molecule has 3 heterocycles. The van der Waals surface area contributed by atoms with E-state index < -0.39 is 28.3 Å². The molecule has 1 aromatic carbocycles. The Balaban J connectivity index is 1.95. The van der Waals surface area contributed by atoms with Gasteiger partial charge in [0.15, 0.2) is 5.65 Å². The Kier molecular flexibility index (Phi) is 3.95. The summed E-state index contributed by atoms with van der Waals surface area (Å²) in [6.07, 6.45) is 1.30. The van der Waals surface area contributed by atoms with Gasteiger partial charge in [-0.2, -0.15) is 0 Å². The number of hydrogen-bond donors (Lipinski definition) is 0. The van der Waals surface area contributed by atoms with Gasteiger partial charge in [0.1, 0.15) is 0 Å².